The van der Waals surface area contributed by atoms with Gasteiger partial charge in [0.1, 0.15) is 0 Å². The Morgan fingerprint density at radius 1 is 0.633 bits per heavy atom. The summed E-state index contributed by atoms with van der Waals surface area (Å²) < 4.78 is 7.90. The third-order valence-corrected chi connectivity index (χ3v) is 12.3. The minimum absolute atomic E-state index is 0.0336. The molecule has 0 amide bonds. The maximum Gasteiger partial charge on any atom is 0.0727 e. The molecule has 1 aliphatic carbocycles. The third-order valence-electron chi connectivity index (χ3n) is 9.90. The first kappa shape index (κ1) is 28.5. The van der Waals surface area contributed by atoms with Crippen molar-refractivity contribution in [2.75, 3.05) is 0 Å². The molecular formula is C44H31N3S2. The van der Waals surface area contributed by atoms with Crippen LogP contribution in [0.3, 0.4) is 0 Å². The van der Waals surface area contributed by atoms with E-state index in [1.807, 2.05) is 40.9 Å². The molecule has 0 aliphatic heterocycles. The quantitative estimate of drug-likeness (QED) is 0.192. The maximum absolute atomic E-state index is 6.67. The van der Waals surface area contributed by atoms with Crippen LogP contribution >= 0.6 is 22.7 Å². The summed E-state index contributed by atoms with van der Waals surface area (Å²) in [4.78, 5) is 0. The van der Waals surface area contributed by atoms with Gasteiger partial charge in [0.2, 0.25) is 0 Å². The van der Waals surface area contributed by atoms with Crippen LogP contribution in [0.25, 0.3) is 73.5 Å². The van der Waals surface area contributed by atoms with Crippen LogP contribution in [0.15, 0.2) is 157 Å². The average molecular weight is 666 g/mol. The van der Waals surface area contributed by atoms with E-state index in [1.165, 1.54) is 73.4 Å². The van der Waals surface area contributed by atoms with Gasteiger partial charge in [0.05, 0.1) is 21.8 Å². The van der Waals surface area contributed by atoms with E-state index in [2.05, 4.69) is 143 Å². The lowest BCUT2D eigenvalue weighted by molar-refractivity contribution is 0.658. The van der Waals surface area contributed by atoms with Gasteiger partial charge in [-0.3, -0.25) is 0 Å². The highest BCUT2D eigenvalue weighted by Gasteiger charge is 2.24. The predicted octanol–water partition coefficient (Wildman–Crippen LogP) is 11.5. The maximum atomic E-state index is 6.67. The van der Waals surface area contributed by atoms with Crippen molar-refractivity contribution < 1.29 is 0 Å². The number of nitrogens with two attached hydrogens (primary N) is 1. The fraction of sp³-hybridized carbons (Fsp3) is 0.0455. The molecule has 0 bridgehead atoms. The highest BCUT2D eigenvalue weighted by atomic mass is 32.1. The minimum atomic E-state index is 0.0336. The second-order valence-corrected chi connectivity index (χ2v) is 14.8. The van der Waals surface area contributed by atoms with Crippen LogP contribution in [0.1, 0.15) is 11.1 Å². The fourth-order valence-electron chi connectivity index (χ4n) is 7.64. The fourth-order valence-corrected chi connectivity index (χ4v) is 10.2. The van der Waals surface area contributed by atoms with Crippen LogP contribution < -0.4 is 11.1 Å². The van der Waals surface area contributed by atoms with E-state index in [9.17, 15) is 0 Å². The van der Waals surface area contributed by atoms with Gasteiger partial charge in [-0.25, -0.2) is 0 Å². The van der Waals surface area contributed by atoms with Crippen LogP contribution in [0.2, 0.25) is 0 Å². The largest absolute Gasteiger partial charge is 0.398 e. The second-order valence-electron chi connectivity index (χ2n) is 12.7. The number of thiophene rings is 2. The van der Waals surface area contributed by atoms with Gasteiger partial charge in [-0.15, -0.1) is 22.7 Å². The van der Waals surface area contributed by atoms with E-state index < -0.39 is 0 Å². The number of hydrogen-bond donors (Lipinski definition) is 2. The molecule has 1 aliphatic rings. The number of hydrogen-bond acceptors (Lipinski definition) is 4. The van der Waals surface area contributed by atoms with Crippen molar-refractivity contribution >= 4 is 90.5 Å². The van der Waals surface area contributed by atoms with Gasteiger partial charge >= 0.3 is 0 Å². The van der Waals surface area contributed by atoms with Crippen LogP contribution in [-0.2, 0) is 6.54 Å². The zero-order valence-corrected chi connectivity index (χ0v) is 28.2. The summed E-state index contributed by atoms with van der Waals surface area (Å²) in [5.41, 5.74) is 14.5. The molecule has 0 saturated heterocycles. The third kappa shape index (κ3) is 4.44. The molecule has 3 aromatic heterocycles. The highest BCUT2D eigenvalue weighted by molar-refractivity contribution is 7.30. The Labute approximate surface area is 291 Å². The summed E-state index contributed by atoms with van der Waals surface area (Å²) in [7, 11) is 0. The molecule has 9 aromatic rings. The van der Waals surface area contributed by atoms with Gasteiger partial charge < -0.3 is 15.6 Å². The molecule has 0 radical (unpaired) electrons. The van der Waals surface area contributed by atoms with Gasteiger partial charge in [-0.2, -0.15) is 0 Å². The molecule has 3 nitrogen and oxygen atoms in total. The second kappa shape index (κ2) is 11.3. The van der Waals surface area contributed by atoms with Gasteiger partial charge in [0.15, 0.2) is 0 Å². The molecule has 5 heteroatoms. The molecule has 234 valence electrons. The molecule has 3 heterocycles. The Bertz CT molecular complexity index is 2830. The van der Waals surface area contributed by atoms with E-state index in [0.29, 0.717) is 0 Å². The summed E-state index contributed by atoms with van der Waals surface area (Å²) in [5, 5.41) is 11.8. The number of fused-ring (bicyclic) bond motifs is 12. The van der Waals surface area contributed by atoms with E-state index in [0.717, 1.165) is 23.4 Å². The zero-order valence-electron chi connectivity index (χ0n) is 26.6. The van der Waals surface area contributed by atoms with Crippen LogP contribution in [0, 0.1) is 0 Å². The topological polar surface area (TPSA) is 43.0 Å². The van der Waals surface area contributed by atoms with E-state index >= 15 is 0 Å². The number of allylic oxidation sites excluding steroid dienone is 2. The molecule has 3 N–H and O–H groups in total. The summed E-state index contributed by atoms with van der Waals surface area (Å²) in [6.45, 7) is 0.726. The van der Waals surface area contributed by atoms with Crippen LogP contribution in [0.5, 0.6) is 0 Å². The smallest absolute Gasteiger partial charge is 0.0727 e. The number of nitrogens with zero attached hydrogens (tertiary/aromatic N) is 1. The summed E-state index contributed by atoms with van der Waals surface area (Å²) in [6, 6.07) is 46.1. The highest BCUT2D eigenvalue weighted by Crippen LogP contribution is 2.51. The van der Waals surface area contributed by atoms with Crippen molar-refractivity contribution in [3.8, 4) is 5.69 Å². The van der Waals surface area contributed by atoms with Crippen LogP contribution in [-0.4, -0.2) is 10.6 Å². The van der Waals surface area contributed by atoms with Gasteiger partial charge in [0, 0.05) is 64.3 Å². The molecule has 0 saturated carbocycles. The zero-order chi connectivity index (χ0) is 32.5. The van der Waals surface area contributed by atoms with E-state index in [1.54, 1.807) is 0 Å². The van der Waals surface area contributed by atoms with Gasteiger partial charge in [0.25, 0.3) is 0 Å². The first-order chi connectivity index (χ1) is 24.2. The molecule has 1 unspecified atom stereocenters. The molecular weight excluding hydrogens is 635 g/mol. The molecule has 10 rings (SSSR count). The minimum Gasteiger partial charge on any atom is -0.398 e. The molecule has 49 heavy (non-hydrogen) atoms. The SMILES string of the molecule is N/C(=C1/C=CC=CC1NCc1ccc(-n2c3ccccc3c3c4c5ccccc5sc4c4c5ccccc5sc4c32)cc1)c1ccccc1. The summed E-state index contributed by atoms with van der Waals surface area (Å²) in [6.07, 6.45) is 8.45. The number of benzene rings is 6. The number of nitrogens with one attached hydrogen (secondary N) is 1. The van der Waals surface area contributed by atoms with Crippen LogP contribution in [0.4, 0.5) is 0 Å². The molecule has 1 atom stereocenters. The lowest BCUT2D eigenvalue weighted by Gasteiger charge is -2.21. The standard InChI is InChI=1S/C44H31N3S2/c45-41(28-12-2-1-3-13-28)30-14-4-8-18-34(30)46-26-27-22-24-29(25-23-27)47-35-19-9-5-15-31(35)38-39-32-16-6-10-20-36(32)48-43(39)40-33-17-7-11-21-37(33)49-44(40)42(38)47/h1-25,34,46H,26,45H2/b41-30-. The Hall–Kier alpha value is -5.46. The van der Waals surface area contributed by atoms with Crippen molar-refractivity contribution in [1.82, 2.24) is 9.88 Å². The number of aromatic nitrogens is 1. The lowest BCUT2D eigenvalue weighted by Crippen LogP contribution is -2.30. The number of rotatable bonds is 5. The van der Waals surface area contributed by atoms with Crippen molar-refractivity contribution in [2.45, 2.75) is 12.6 Å². The predicted molar refractivity (Wildman–Crippen MR) is 213 cm³/mol. The molecule has 0 fully saturated rings. The Kier molecular flexibility index (Phi) is 6.59. The Morgan fingerprint density at radius 2 is 1.29 bits per heavy atom. The monoisotopic (exact) mass is 665 g/mol. The summed E-state index contributed by atoms with van der Waals surface area (Å²) >= 11 is 3.85. The first-order valence-corrected chi connectivity index (χ1v) is 18.3. The Morgan fingerprint density at radius 3 is 2.06 bits per heavy atom. The van der Waals surface area contributed by atoms with Crippen molar-refractivity contribution in [1.29, 1.82) is 0 Å². The Balaban J connectivity index is 1.12. The molecule has 6 aromatic carbocycles. The normalized spacial score (nSPS) is 15.9. The molecule has 0 spiro atoms. The van der Waals surface area contributed by atoms with Crippen molar-refractivity contribution in [3.63, 3.8) is 0 Å². The average Bonchev–Trinajstić information content (AvgIpc) is 3.84. The van der Waals surface area contributed by atoms with Crippen molar-refractivity contribution in [3.05, 3.63) is 168 Å². The summed E-state index contributed by atoms with van der Waals surface area (Å²) in [5.74, 6) is 0. The lowest BCUT2D eigenvalue weighted by atomic mass is 9.96. The van der Waals surface area contributed by atoms with Crippen molar-refractivity contribution in [2.24, 2.45) is 5.73 Å². The van der Waals surface area contributed by atoms with E-state index in [4.69, 9.17) is 5.73 Å². The van der Waals surface area contributed by atoms with Gasteiger partial charge in [-0.05, 0) is 47.0 Å². The van der Waals surface area contributed by atoms with E-state index in [-0.39, 0.29) is 6.04 Å². The first-order valence-electron chi connectivity index (χ1n) is 16.6. The number of para-hydroxylation sites is 1. The van der Waals surface area contributed by atoms with Gasteiger partial charge in [-0.1, -0.05) is 121 Å².